The van der Waals surface area contributed by atoms with Crippen LogP contribution in [-0.4, -0.2) is 77.5 Å². The third-order valence-corrected chi connectivity index (χ3v) is 4.79. The molecule has 2 amide bonds. The van der Waals surface area contributed by atoms with Crippen molar-refractivity contribution in [1.82, 2.24) is 25.1 Å². The Labute approximate surface area is 174 Å². The number of benzene rings is 1. The molecule has 3 rings (SSSR count). The number of rotatable bonds is 6. The number of piperazine rings is 1. The van der Waals surface area contributed by atoms with E-state index in [1.807, 2.05) is 11.9 Å². The fourth-order valence-electron chi connectivity index (χ4n) is 3.22. The van der Waals surface area contributed by atoms with E-state index in [2.05, 4.69) is 15.3 Å². The van der Waals surface area contributed by atoms with Crippen LogP contribution in [0.5, 0.6) is 5.75 Å². The Bertz CT molecular complexity index is 905. The van der Waals surface area contributed by atoms with Crippen molar-refractivity contribution in [2.45, 2.75) is 13.0 Å². The van der Waals surface area contributed by atoms with Crippen molar-refractivity contribution >= 4 is 17.8 Å². The van der Waals surface area contributed by atoms with Crippen LogP contribution in [0.2, 0.25) is 0 Å². The number of nitrogens with zero attached hydrogens (tertiary/aromatic N) is 4. The Kier molecular flexibility index (Phi) is 6.78. The van der Waals surface area contributed by atoms with E-state index in [1.54, 1.807) is 30.0 Å². The van der Waals surface area contributed by atoms with Crippen LogP contribution in [-0.2, 0) is 4.79 Å². The number of aryl methyl sites for hydroxylation is 1. The number of hydrogen-bond donors (Lipinski definition) is 2. The first-order valence-electron chi connectivity index (χ1n) is 9.60. The lowest BCUT2D eigenvalue weighted by Crippen LogP contribution is -2.59. The largest absolute Gasteiger partial charge is 0.492 e. The summed E-state index contributed by atoms with van der Waals surface area (Å²) in [5.74, 6) is -0.440. The maximum atomic E-state index is 13.2. The van der Waals surface area contributed by atoms with Crippen molar-refractivity contribution < 1.29 is 18.7 Å². The molecule has 160 valence electrons. The number of carbonyl (C=O) groups excluding carboxylic acids is 2. The second-order valence-electron chi connectivity index (χ2n) is 7.10. The van der Waals surface area contributed by atoms with Gasteiger partial charge in [0.1, 0.15) is 29.9 Å². The van der Waals surface area contributed by atoms with Crippen molar-refractivity contribution in [3.05, 3.63) is 47.5 Å². The van der Waals surface area contributed by atoms with Gasteiger partial charge < -0.3 is 20.7 Å². The molecule has 1 saturated heterocycles. The topological polar surface area (TPSA) is 114 Å². The molecule has 1 unspecified atom stereocenters. The molecular weight excluding hydrogens is 391 g/mol. The summed E-state index contributed by atoms with van der Waals surface area (Å²) in [6.45, 7) is 3.45. The van der Waals surface area contributed by atoms with Crippen LogP contribution < -0.4 is 15.8 Å². The van der Waals surface area contributed by atoms with Gasteiger partial charge in [-0.15, -0.1) is 0 Å². The fourth-order valence-corrected chi connectivity index (χ4v) is 3.22. The van der Waals surface area contributed by atoms with Gasteiger partial charge in [0.15, 0.2) is 0 Å². The van der Waals surface area contributed by atoms with Crippen molar-refractivity contribution in [1.29, 1.82) is 0 Å². The molecule has 10 heteroatoms. The second kappa shape index (κ2) is 9.49. The number of likely N-dealkylation sites (N-methyl/N-ethyl adjacent to an activating group) is 1. The van der Waals surface area contributed by atoms with Crippen LogP contribution >= 0.6 is 0 Å². The zero-order valence-electron chi connectivity index (χ0n) is 17.0. The molecule has 2 aromatic rings. The average molecular weight is 416 g/mol. The van der Waals surface area contributed by atoms with Crippen molar-refractivity contribution in [2.24, 2.45) is 0 Å². The Hall–Kier alpha value is -3.27. The lowest BCUT2D eigenvalue weighted by Gasteiger charge is -2.38. The molecule has 3 N–H and O–H groups in total. The monoisotopic (exact) mass is 416 g/mol. The Balaban J connectivity index is 1.54. The standard InChI is InChI=1S/C20H25FN6O3/c1-13-10-16(25-20(22)24-13)19(29)27-8-7-26(2)17(12-27)18(28)23-6-9-30-15-5-3-4-14(21)11-15/h3-5,10-11,17H,6-9,12H2,1-2H3,(H,23,28)(H2,22,24,25). The van der Waals surface area contributed by atoms with E-state index >= 15 is 0 Å². The van der Waals surface area contributed by atoms with Gasteiger partial charge in [0.2, 0.25) is 11.9 Å². The quantitative estimate of drug-likeness (QED) is 0.658. The van der Waals surface area contributed by atoms with Crippen LogP contribution in [0, 0.1) is 12.7 Å². The second-order valence-corrected chi connectivity index (χ2v) is 7.10. The highest BCUT2D eigenvalue weighted by Gasteiger charge is 2.33. The maximum absolute atomic E-state index is 13.2. The Morgan fingerprint density at radius 2 is 2.10 bits per heavy atom. The smallest absolute Gasteiger partial charge is 0.272 e. The van der Waals surface area contributed by atoms with Crippen molar-refractivity contribution in [3.63, 3.8) is 0 Å². The van der Waals surface area contributed by atoms with Crippen LogP contribution in [0.25, 0.3) is 0 Å². The first-order valence-corrected chi connectivity index (χ1v) is 9.60. The van der Waals surface area contributed by atoms with Gasteiger partial charge in [0.25, 0.3) is 5.91 Å². The molecule has 0 bridgehead atoms. The third-order valence-electron chi connectivity index (χ3n) is 4.79. The SMILES string of the molecule is Cc1cc(C(=O)N2CCN(C)C(C(=O)NCCOc3cccc(F)c3)C2)nc(N)n1. The van der Waals surface area contributed by atoms with Gasteiger partial charge in [0, 0.05) is 31.4 Å². The molecule has 0 saturated carbocycles. The predicted molar refractivity (Wildman–Crippen MR) is 108 cm³/mol. The molecule has 1 aromatic carbocycles. The number of nitrogens with one attached hydrogen (secondary N) is 1. The number of carbonyl (C=O) groups is 2. The highest BCUT2D eigenvalue weighted by Crippen LogP contribution is 2.13. The van der Waals surface area contributed by atoms with Gasteiger partial charge in [-0.3, -0.25) is 14.5 Å². The Morgan fingerprint density at radius 3 is 2.83 bits per heavy atom. The molecule has 1 atom stereocenters. The molecule has 1 fully saturated rings. The van der Waals surface area contributed by atoms with Gasteiger partial charge in [-0.25, -0.2) is 14.4 Å². The molecule has 2 heterocycles. The first kappa shape index (κ1) is 21.4. The number of amides is 2. The molecular formula is C20H25FN6O3. The van der Waals surface area contributed by atoms with Crippen LogP contribution in [0.1, 0.15) is 16.2 Å². The van der Waals surface area contributed by atoms with Gasteiger partial charge in [-0.1, -0.05) is 6.07 Å². The first-order chi connectivity index (χ1) is 14.3. The minimum absolute atomic E-state index is 0.0417. The van der Waals surface area contributed by atoms with Gasteiger partial charge in [-0.05, 0) is 32.2 Å². The lowest BCUT2D eigenvalue weighted by molar-refractivity contribution is -0.127. The third kappa shape index (κ3) is 5.41. The van der Waals surface area contributed by atoms with E-state index in [4.69, 9.17) is 10.5 Å². The number of aromatic nitrogens is 2. The molecule has 0 radical (unpaired) electrons. The van der Waals surface area contributed by atoms with E-state index in [-0.39, 0.29) is 49.0 Å². The normalized spacial score (nSPS) is 16.9. The minimum atomic E-state index is -0.503. The average Bonchev–Trinajstić information content (AvgIpc) is 2.70. The maximum Gasteiger partial charge on any atom is 0.272 e. The zero-order chi connectivity index (χ0) is 21.7. The zero-order valence-corrected chi connectivity index (χ0v) is 17.0. The summed E-state index contributed by atoms with van der Waals surface area (Å²) in [4.78, 5) is 36.9. The van der Waals surface area contributed by atoms with E-state index in [0.29, 0.717) is 24.5 Å². The van der Waals surface area contributed by atoms with Gasteiger partial charge >= 0.3 is 0 Å². The number of ether oxygens (including phenoxy) is 1. The molecule has 1 aromatic heterocycles. The highest BCUT2D eigenvalue weighted by molar-refractivity contribution is 5.93. The minimum Gasteiger partial charge on any atom is -0.492 e. The molecule has 9 nitrogen and oxygen atoms in total. The van der Waals surface area contributed by atoms with Crippen molar-refractivity contribution in [2.75, 3.05) is 45.6 Å². The molecule has 1 aliphatic rings. The summed E-state index contributed by atoms with van der Waals surface area (Å²) >= 11 is 0. The summed E-state index contributed by atoms with van der Waals surface area (Å²) in [6.07, 6.45) is 0. The fraction of sp³-hybridized carbons (Fsp3) is 0.400. The van der Waals surface area contributed by atoms with E-state index in [0.717, 1.165) is 0 Å². The van der Waals surface area contributed by atoms with Gasteiger partial charge in [-0.2, -0.15) is 0 Å². The Morgan fingerprint density at radius 1 is 1.30 bits per heavy atom. The van der Waals surface area contributed by atoms with Crippen molar-refractivity contribution in [3.8, 4) is 5.75 Å². The summed E-state index contributed by atoms with van der Waals surface area (Å²) in [7, 11) is 1.84. The number of nitrogen functional groups attached to an aromatic ring is 1. The molecule has 30 heavy (non-hydrogen) atoms. The van der Waals surface area contributed by atoms with Crippen LogP contribution in [0.4, 0.5) is 10.3 Å². The van der Waals surface area contributed by atoms with E-state index in [9.17, 15) is 14.0 Å². The summed E-state index contributed by atoms with van der Waals surface area (Å²) in [5, 5.41) is 2.80. The van der Waals surface area contributed by atoms with Crippen LogP contribution in [0.15, 0.2) is 30.3 Å². The number of nitrogens with two attached hydrogens (primary N) is 1. The summed E-state index contributed by atoms with van der Waals surface area (Å²) in [5.41, 5.74) is 6.46. The number of hydrogen-bond acceptors (Lipinski definition) is 7. The predicted octanol–water partition coefficient (Wildman–Crippen LogP) is 0.458. The van der Waals surface area contributed by atoms with Gasteiger partial charge in [0.05, 0.1) is 6.54 Å². The van der Waals surface area contributed by atoms with E-state index < -0.39 is 6.04 Å². The molecule has 0 aliphatic carbocycles. The van der Waals surface area contributed by atoms with Crippen LogP contribution in [0.3, 0.4) is 0 Å². The number of halogens is 1. The highest BCUT2D eigenvalue weighted by atomic mass is 19.1. The summed E-state index contributed by atoms with van der Waals surface area (Å²) < 4.78 is 18.6. The molecule has 1 aliphatic heterocycles. The lowest BCUT2D eigenvalue weighted by atomic mass is 10.1. The summed E-state index contributed by atoms with van der Waals surface area (Å²) in [6, 6.07) is 6.89. The molecule has 0 spiro atoms. The number of anilines is 1. The van der Waals surface area contributed by atoms with E-state index in [1.165, 1.54) is 12.1 Å².